The molecule has 0 saturated carbocycles. The second-order valence-corrected chi connectivity index (χ2v) is 12.1. The first-order chi connectivity index (χ1) is 22.0. The Morgan fingerprint density at radius 1 is 1.04 bits per heavy atom. The van der Waals surface area contributed by atoms with Gasteiger partial charge in [-0.3, -0.25) is 14.5 Å². The monoisotopic (exact) mass is 650 g/mol. The predicted molar refractivity (Wildman–Crippen MR) is 179 cm³/mol. The van der Waals surface area contributed by atoms with Crippen LogP contribution in [0.4, 0.5) is 10.1 Å². The normalized spacial score (nSPS) is 20.9. The van der Waals surface area contributed by atoms with Crippen LogP contribution in [0.1, 0.15) is 36.1 Å². The number of likely N-dealkylation sites (N-methyl/N-ethyl adjacent to an activating group) is 1. The highest BCUT2D eigenvalue weighted by atomic mass is 19.1. The smallest absolute Gasteiger partial charge is 0.248 e. The van der Waals surface area contributed by atoms with E-state index in [4.69, 9.17) is 51.8 Å². The van der Waals surface area contributed by atoms with Crippen LogP contribution < -0.4 is 10.6 Å². The third-order valence-corrected chi connectivity index (χ3v) is 8.22. The summed E-state index contributed by atoms with van der Waals surface area (Å²) in [5, 5.41) is 42.7. The first-order valence-electron chi connectivity index (χ1n) is 14.6. The fourth-order valence-corrected chi connectivity index (χ4v) is 5.75. The third-order valence-electron chi connectivity index (χ3n) is 8.22. The average molecular weight is 649 g/mol. The molecule has 1 aliphatic rings. The van der Waals surface area contributed by atoms with Crippen LogP contribution in [0.2, 0.25) is 0 Å². The summed E-state index contributed by atoms with van der Waals surface area (Å²) in [6.45, 7) is 5.62. The van der Waals surface area contributed by atoms with Crippen LogP contribution in [0.5, 0.6) is 0 Å². The van der Waals surface area contributed by atoms with Gasteiger partial charge in [-0.25, -0.2) is 4.39 Å². The quantitative estimate of drug-likeness (QED) is 0.0740. The molecule has 1 fully saturated rings. The van der Waals surface area contributed by atoms with Gasteiger partial charge >= 0.3 is 0 Å². The molecule has 12 radical (unpaired) electrons. The Morgan fingerprint density at radius 3 is 2.12 bits per heavy atom. The summed E-state index contributed by atoms with van der Waals surface area (Å²) < 4.78 is 21.4. The van der Waals surface area contributed by atoms with E-state index in [0.29, 0.717) is 0 Å². The van der Waals surface area contributed by atoms with Gasteiger partial charge in [-0.05, 0) is 65.8 Å². The van der Waals surface area contributed by atoms with Crippen molar-refractivity contribution in [2.45, 2.75) is 66.6 Å². The molecular weight excluding hydrogens is 616 g/mol. The zero-order chi connectivity index (χ0) is 36.6. The number of amides is 2. The fraction of sp³-hybridized carbons (Fsp3) is 0.483. The Bertz CT molecular complexity index is 1520. The topological polar surface area (TPSA) is 172 Å². The zero-order valence-corrected chi connectivity index (χ0v) is 26.9. The van der Waals surface area contributed by atoms with Gasteiger partial charge in [0, 0.05) is 25.8 Å². The molecule has 2 aromatic rings. The van der Waals surface area contributed by atoms with Crippen LogP contribution in [-0.4, -0.2) is 146 Å². The minimum atomic E-state index is -3.85. The molecule has 2 amide bonds. The number of carbonyl (C=O) groups is 3. The molecule has 1 heterocycles. The summed E-state index contributed by atoms with van der Waals surface area (Å²) in [6.07, 6.45) is -1.11. The van der Waals surface area contributed by atoms with Crippen molar-refractivity contribution in [2.75, 3.05) is 25.5 Å². The van der Waals surface area contributed by atoms with Gasteiger partial charge in [0.1, 0.15) is 33.3 Å². The maximum Gasteiger partial charge on any atom is 0.248 e. The number of anilines is 1. The van der Waals surface area contributed by atoms with Gasteiger partial charge in [-0.1, -0.05) is 24.3 Å². The highest BCUT2D eigenvalue weighted by Crippen LogP contribution is 2.38. The number of nitrogens with zero attached hydrogens (tertiary/aromatic N) is 2. The highest BCUT2D eigenvalue weighted by Gasteiger charge is 2.57. The Morgan fingerprint density at radius 2 is 1.62 bits per heavy atom. The molecule has 48 heavy (non-hydrogen) atoms. The summed E-state index contributed by atoms with van der Waals surface area (Å²) in [5.74, 6) is -6.18. The van der Waals surface area contributed by atoms with Crippen LogP contribution in [0, 0.1) is 12.7 Å². The van der Waals surface area contributed by atoms with E-state index in [9.17, 15) is 34.8 Å². The maximum absolute atomic E-state index is 15.7. The number of aliphatic hydroxyl groups is 4. The van der Waals surface area contributed by atoms with E-state index in [1.54, 1.807) is 0 Å². The molecule has 19 heteroatoms. The molecule has 3 rings (SSSR count). The van der Waals surface area contributed by atoms with E-state index in [-0.39, 0.29) is 64.5 Å². The molecule has 5 atom stereocenters. The number of aldehydes is 1. The number of halogens is 1. The standard InChI is InChI=1S/C29H33B6FN4O8/c1-15-6-5-7-21(22(15)28(33,34)40(14-42)23(24(43)37-4)26(45,46)25(30,44)13-41)38-27(31,32)19-9-8-18(10-20(19)36)29(35,47)39-11-16(2)48-17(3)12-39/h5-10,13-14,16-17,23,38,44-47H,11-12H2,1-4H3,(H,37,43). The number of hydrogen-bond acceptors (Lipinski definition) is 10. The van der Waals surface area contributed by atoms with E-state index in [0.717, 1.165) is 13.1 Å². The summed E-state index contributed by atoms with van der Waals surface area (Å²) in [4.78, 5) is 38.6. The SMILES string of the molecule is [B]C([B])(Nc1cccc(C)c1C([B])([B])N(C=O)C(C(=O)NC)C(O)(O)C([B])(O)C=O)c1ccc(C([B])(O)N2CC(C)OC(C)C2)cc1F. The molecule has 0 aromatic heterocycles. The lowest BCUT2D eigenvalue weighted by molar-refractivity contribution is -0.260. The predicted octanol–water partition coefficient (Wildman–Crippen LogP) is -3.17. The molecule has 0 bridgehead atoms. The van der Waals surface area contributed by atoms with Gasteiger partial charge in [-0.15, -0.1) is 0 Å². The van der Waals surface area contributed by atoms with Crippen LogP contribution in [-0.2, 0) is 35.4 Å². The third kappa shape index (κ3) is 7.41. The lowest BCUT2D eigenvalue weighted by Crippen LogP contribution is -2.73. The van der Waals surface area contributed by atoms with Crippen molar-refractivity contribution in [3.8, 4) is 0 Å². The van der Waals surface area contributed by atoms with E-state index in [2.05, 4.69) is 10.6 Å². The summed E-state index contributed by atoms with van der Waals surface area (Å²) in [6, 6.07) is 5.20. The van der Waals surface area contributed by atoms with E-state index < -0.39 is 51.6 Å². The summed E-state index contributed by atoms with van der Waals surface area (Å²) >= 11 is 0. The number of aryl methyl sites for hydroxylation is 1. The second-order valence-electron chi connectivity index (χ2n) is 12.1. The molecule has 1 aliphatic heterocycles. The second kappa shape index (κ2) is 14.0. The first-order valence-corrected chi connectivity index (χ1v) is 14.6. The number of ether oxygens (including phenoxy) is 1. The van der Waals surface area contributed by atoms with Gasteiger partial charge in [0.05, 0.1) is 49.2 Å². The molecule has 0 spiro atoms. The van der Waals surface area contributed by atoms with Crippen LogP contribution in [0.15, 0.2) is 36.4 Å². The Balaban J connectivity index is 2.08. The Labute approximate surface area is 286 Å². The number of carbonyl (C=O) groups excluding carboxylic acids is 3. The molecule has 12 nitrogen and oxygen atoms in total. The molecule has 0 aliphatic carbocycles. The fourth-order valence-electron chi connectivity index (χ4n) is 5.75. The Kier molecular flexibility index (Phi) is 11.5. The van der Waals surface area contributed by atoms with Crippen molar-refractivity contribution >= 4 is 71.4 Å². The van der Waals surface area contributed by atoms with Gasteiger partial charge in [-0.2, -0.15) is 0 Å². The van der Waals surface area contributed by atoms with Crippen LogP contribution in [0.25, 0.3) is 0 Å². The maximum atomic E-state index is 15.7. The first kappa shape index (κ1) is 39.4. The molecule has 1 saturated heterocycles. The van der Waals surface area contributed by atoms with Crippen molar-refractivity contribution in [2.24, 2.45) is 0 Å². The van der Waals surface area contributed by atoms with Crippen molar-refractivity contribution in [3.05, 3.63) is 64.5 Å². The average Bonchev–Trinajstić information content (AvgIpc) is 2.97. The van der Waals surface area contributed by atoms with E-state index >= 15 is 4.39 Å². The van der Waals surface area contributed by atoms with Gasteiger partial charge in [0.2, 0.25) is 18.1 Å². The molecule has 242 valence electrons. The number of morpholine rings is 1. The van der Waals surface area contributed by atoms with Gasteiger partial charge in [0.25, 0.3) is 0 Å². The van der Waals surface area contributed by atoms with Crippen molar-refractivity contribution in [1.29, 1.82) is 0 Å². The summed E-state index contributed by atoms with van der Waals surface area (Å²) in [5.41, 5.74) is -6.04. The van der Waals surface area contributed by atoms with Crippen LogP contribution in [0.3, 0.4) is 0 Å². The largest absolute Gasteiger partial charge is 0.392 e. The molecular formula is C29H33B6FN4O8. The van der Waals surface area contributed by atoms with Gasteiger partial charge < -0.3 is 45.5 Å². The number of benzene rings is 2. The highest BCUT2D eigenvalue weighted by molar-refractivity contribution is 6.42. The number of rotatable bonds is 13. The van der Waals surface area contributed by atoms with Crippen molar-refractivity contribution < 1.29 is 43.9 Å². The van der Waals surface area contributed by atoms with E-state index in [1.165, 1.54) is 42.2 Å². The van der Waals surface area contributed by atoms with Gasteiger partial charge in [0.15, 0.2) is 6.04 Å². The minimum absolute atomic E-state index is 0.00595. The zero-order valence-electron chi connectivity index (χ0n) is 26.9. The van der Waals surface area contributed by atoms with Crippen molar-refractivity contribution in [1.82, 2.24) is 15.1 Å². The lowest BCUT2D eigenvalue weighted by Gasteiger charge is -2.49. The van der Waals surface area contributed by atoms with Crippen molar-refractivity contribution in [3.63, 3.8) is 0 Å². The van der Waals surface area contributed by atoms with E-state index in [1.807, 2.05) is 13.8 Å². The lowest BCUT2D eigenvalue weighted by atomic mass is 9.54. The number of nitrogens with one attached hydrogen (secondary N) is 2. The minimum Gasteiger partial charge on any atom is -0.392 e. The Hall–Kier alpha value is -3.07. The summed E-state index contributed by atoms with van der Waals surface area (Å²) in [7, 11) is 38.2. The van der Waals surface area contributed by atoms with Crippen LogP contribution >= 0.6 is 0 Å². The number of hydrogen-bond donors (Lipinski definition) is 6. The molecule has 2 aromatic carbocycles. The molecule has 6 N–H and O–H groups in total. The molecule has 5 unspecified atom stereocenters.